The summed E-state index contributed by atoms with van der Waals surface area (Å²) in [5.41, 5.74) is 0.743. The molecule has 8 nitrogen and oxygen atoms in total. The van der Waals surface area contributed by atoms with E-state index in [9.17, 15) is 13.5 Å². The van der Waals surface area contributed by atoms with Gasteiger partial charge in [0.05, 0.1) is 25.5 Å². The quantitative estimate of drug-likeness (QED) is 0.719. The molecule has 1 saturated carbocycles. The molecule has 2 aromatic heterocycles. The number of aliphatic hydroxyl groups excluding tert-OH is 1. The van der Waals surface area contributed by atoms with Crippen LogP contribution in [-0.2, 0) is 16.6 Å². The predicted molar refractivity (Wildman–Crippen MR) is 95.1 cm³/mol. The van der Waals surface area contributed by atoms with E-state index in [-0.39, 0.29) is 16.9 Å². The molecule has 0 spiro atoms. The van der Waals surface area contributed by atoms with Gasteiger partial charge in [0.15, 0.2) is 0 Å². The van der Waals surface area contributed by atoms with Crippen LogP contribution in [-0.4, -0.2) is 41.5 Å². The highest BCUT2D eigenvalue weighted by atomic mass is 32.2. The maximum Gasteiger partial charge on any atom is 0.244 e. The van der Waals surface area contributed by atoms with Crippen molar-refractivity contribution >= 4 is 10.0 Å². The van der Waals surface area contributed by atoms with Crippen molar-refractivity contribution in [2.45, 2.75) is 49.8 Å². The lowest BCUT2D eigenvalue weighted by atomic mass is 9.76. The van der Waals surface area contributed by atoms with Crippen LogP contribution in [0.4, 0.5) is 0 Å². The summed E-state index contributed by atoms with van der Waals surface area (Å²) in [6.45, 7) is 2.67. The summed E-state index contributed by atoms with van der Waals surface area (Å²) in [7, 11) is -2.21. The number of aliphatic hydroxyl groups is 1. The first kappa shape index (κ1) is 18.8. The molecule has 3 rings (SSSR count). The zero-order chi connectivity index (χ0) is 18.7. The van der Waals surface area contributed by atoms with Gasteiger partial charge < -0.3 is 9.84 Å². The van der Waals surface area contributed by atoms with Crippen LogP contribution in [0.2, 0.25) is 0 Å². The Hall–Kier alpha value is -1.97. The van der Waals surface area contributed by atoms with Gasteiger partial charge in [0, 0.05) is 25.0 Å². The summed E-state index contributed by atoms with van der Waals surface area (Å²) in [4.78, 5) is 4.31. The van der Waals surface area contributed by atoms with Crippen molar-refractivity contribution in [3.63, 3.8) is 0 Å². The minimum atomic E-state index is -3.73. The number of sulfonamides is 1. The number of aryl methyl sites for hydroxylation is 1. The Kier molecular flexibility index (Phi) is 5.59. The highest BCUT2D eigenvalue weighted by molar-refractivity contribution is 7.89. The molecule has 1 aliphatic carbocycles. The number of pyridine rings is 1. The van der Waals surface area contributed by atoms with Gasteiger partial charge in [0.2, 0.25) is 15.9 Å². The lowest BCUT2D eigenvalue weighted by Gasteiger charge is -2.37. The third-order valence-electron chi connectivity index (χ3n) is 4.60. The summed E-state index contributed by atoms with van der Waals surface area (Å²) in [5, 5.41) is 13.7. The van der Waals surface area contributed by atoms with Crippen LogP contribution in [0.15, 0.2) is 35.6 Å². The van der Waals surface area contributed by atoms with E-state index in [0.29, 0.717) is 25.3 Å². The highest BCUT2D eigenvalue weighted by Crippen LogP contribution is 2.39. The van der Waals surface area contributed by atoms with Crippen molar-refractivity contribution in [2.75, 3.05) is 7.11 Å². The van der Waals surface area contributed by atoms with Gasteiger partial charge in [-0.2, -0.15) is 5.10 Å². The molecular formula is C17H24N4O4S. The number of hydrogen-bond acceptors (Lipinski definition) is 6. The van der Waals surface area contributed by atoms with Gasteiger partial charge >= 0.3 is 0 Å². The second kappa shape index (κ2) is 7.73. The van der Waals surface area contributed by atoms with Gasteiger partial charge in [-0.15, -0.1) is 0 Å². The van der Waals surface area contributed by atoms with Gasteiger partial charge in [0.1, 0.15) is 4.90 Å². The Bertz CT molecular complexity index is 829. The molecule has 1 unspecified atom stereocenters. The normalized spacial score (nSPS) is 21.2. The first-order valence-corrected chi connectivity index (χ1v) is 10.1. The van der Waals surface area contributed by atoms with Crippen LogP contribution >= 0.6 is 0 Å². The Labute approximate surface area is 153 Å². The van der Waals surface area contributed by atoms with Crippen molar-refractivity contribution in [3.8, 4) is 5.88 Å². The Morgan fingerprint density at radius 3 is 2.73 bits per heavy atom. The zero-order valence-electron chi connectivity index (χ0n) is 14.9. The monoisotopic (exact) mass is 380 g/mol. The van der Waals surface area contributed by atoms with Crippen molar-refractivity contribution in [2.24, 2.45) is 5.92 Å². The Balaban J connectivity index is 1.84. The van der Waals surface area contributed by atoms with Crippen LogP contribution < -0.4 is 9.46 Å². The number of nitrogens with one attached hydrogen (secondary N) is 1. The molecule has 2 aromatic rings. The van der Waals surface area contributed by atoms with Gasteiger partial charge in [-0.25, -0.2) is 18.1 Å². The van der Waals surface area contributed by atoms with E-state index in [0.717, 1.165) is 12.0 Å². The summed E-state index contributed by atoms with van der Waals surface area (Å²) in [6, 6.07) is 3.03. The Morgan fingerprint density at radius 1 is 1.38 bits per heavy atom. The largest absolute Gasteiger partial charge is 0.481 e. The van der Waals surface area contributed by atoms with E-state index in [2.05, 4.69) is 14.8 Å². The van der Waals surface area contributed by atoms with E-state index in [1.54, 1.807) is 23.0 Å². The third kappa shape index (κ3) is 4.05. The molecular weight excluding hydrogens is 356 g/mol. The molecule has 1 atom stereocenters. The van der Waals surface area contributed by atoms with E-state index in [1.165, 1.54) is 19.5 Å². The molecule has 142 valence electrons. The topological polar surface area (TPSA) is 106 Å². The summed E-state index contributed by atoms with van der Waals surface area (Å²) in [5.74, 6) is 0.477. The molecule has 9 heteroatoms. The standard InChI is InChI=1S/C17H24N4O4S/c1-3-6-21-11-15(10-19-21)26(23,24)20-17(13-7-14(22)8-13)12-4-5-16(25-2)18-9-12/h4-5,9-11,13-14,17,20,22H,3,6-8H2,1-2H3. The Morgan fingerprint density at radius 2 is 2.15 bits per heavy atom. The predicted octanol–water partition coefficient (Wildman–Crippen LogP) is 1.49. The van der Waals surface area contributed by atoms with Crippen molar-refractivity contribution in [1.82, 2.24) is 19.5 Å². The molecule has 26 heavy (non-hydrogen) atoms. The number of hydrogen-bond donors (Lipinski definition) is 2. The average molecular weight is 380 g/mol. The first-order valence-electron chi connectivity index (χ1n) is 8.65. The number of ether oxygens (including phenoxy) is 1. The fourth-order valence-corrected chi connectivity index (χ4v) is 4.35. The van der Waals surface area contributed by atoms with E-state index in [4.69, 9.17) is 4.74 Å². The third-order valence-corrected chi connectivity index (χ3v) is 6.00. The average Bonchev–Trinajstić information content (AvgIpc) is 3.07. The minimum Gasteiger partial charge on any atom is -0.481 e. The van der Waals surface area contributed by atoms with Gasteiger partial charge in [0.25, 0.3) is 0 Å². The van der Waals surface area contributed by atoms with Gasteiger partial charge in [-0.3, -0.25) is 4.68 Å². The van der Waals surface area contributed by atoms with E-state index < -0.39 is 16.1 Å². The molecule has 0 bridgehead atoms. The van der Waals surface area contributed by atoms with Gasteiger partial charge in [-0.05, 0) is 30.7 Å². The number of methoxy groups -OCH3 is 1. The molecule has 0 aromatic carbocycles. The van der Waals surface area contributed by atoms with Crippen molar-refractivity contribution in [3.05, 3.63) is 36.3 Å². The van der Waals surface area contributed by atoms with Crippen LogP contribution in [0, 0.1) is 5.92 Å². The molecule has 1 fully saturated rings. The molecule has 0 amide bonds. The van der Waals surface area contributed by atoms with E-state index in [1.807, 2.05) is 6.92 Å². The second-order valence-corrected chi connectivity index (χ2v) is 8.27. The van der Waals surface area contributed by atoms with Crippen molar-refractivity contribution in [1.29, 1.82) is 0 Å². The van der Waals surface area contributed by atoms with Crippen LogP contribution in [0.5, 0.6) is 5.88 Å². The van der Waals surface area contributed by atoms with E-state index >= 15 is 0 Å². The molecule has 0 radical (unpaired) electrons. The molecule has 0 aliphatic heterocycles. The van der Waals surface area contributed by atoms with Crippen LogP contribution in [0.25, 0.3) is 0 Å². The lowest BCUT2D eigenvalue weighted by molar-refractivity contribution is 0.0279. The summed E-state index contributed by atoms with van der Waals surface area (Å²) >= 11 is 0. The molecule has 2 heterocycles. The number of aromatic nitrogens is 3. The highest BCUT2D eigenvalue weighted by Gasteiger charge is 2.37. The summed E-state index contributed by atoms with van der Waals surface area (Å²) < 4.78 is 35.1. The zero-order valence-corrected chi connectivity index (χ0v) is 15.7. The summed E-state index contributed by atoms with van der Waals surface area (Å²) in [6.07, 6.45) is 6.08. The van der Waals surface area contributed by atoms with Gasteiger partial charge in [-0.1, -0.05) is 13.0 Å². The maximum absolute atomic E-state index is 12.8. The minimum absolute atomic E-state index is 0.0145. The fourth-order valence-electron chi connectivity index (χ4n) is 3.10. The molecule has 1 aliphatic rings. The van der Waals surface area contributed by atoms with Crippen LogP contribution in [0.3, 0.4) is 0 Å². The fraction of sp³-hybridized carbons (Fsp3) is 0.529. The smallest absolute Gasteiger partial charge is 0.244 e. The molecule has 2 N–H and O–H groups in total. The maximum atomic E-state index is 12.8. The second-order valence-electron chi connectivity index (χ2n) is 6.56. The van der Waals surface area contributed by atoms with Crippen molar-refractivity contribution < 1.29 is 18.3 Å². The molecule has 0 saturated heterocycles. The lowest BCUT2D eigenvalue weighted by Crippen LogP contribution is -2.41. The number of rotatable bonds is 8. The number of nitrogens with zero attached hydrogens (tertiary/aromatic N) is 3. The first-order chi connectivity index (χ1) is 12.4. The SMILES string of the molecule is CCCn1cc(S(=O)(=O)NC(c2ccc(OC)nc2)C2CC(O)C2)cn1. The van der Waals surface area contributed by atoms with Crippen LogP contribution in [0.1, 0.15) is 37.8 Å².